The van der Waals surface area contributed by atoms with Gasteiger partial charge in [0.05, 0.1) is 18.2 Å². The monoisotopic (exact) mass is 325 g/mol. The van der Waals surface area contributed by atoms with E-state index in [4.69, 9.17) is 9.15 Å². The molecule has 0 aromatic carbocycles. The number of esters is 1. The summed E-state index contributed by atoms with van der Waals surface area (Å²) >= 11 is 1.64. The van der Waals surface area contributed by atoms with Gasteiger partial charge in [-0.1, -0.05) is 20.8 Å². The van der Waals surface area contributed by atoms with Gasteiger partial charge in [-0.25, -0.2) is 4.79 Å². The van der Waals surface area contributed by atoms with Crippen LogP contribution >= 0.6 is 11.8 Å². The Balaban J connectivity index is 2.18. The summed E-state index contributed by atoms with van der Waals surface area (Å²) in [6.07, 6.45) is 3.08. The summed E-state index contributed by atoms with van der Waals surface area (Å²) in [7, 11) is 0. The Morgan fingerprint density at radius 1 is 1.50 bits per heavy atom. The van der Waals surface area contributed by atoms with Crippen LogP contribution in [0.2, 0.25) is 0 Å². The molecular weight excluding hydrogens is 302 g/mol. The van der Waals surface area contributed by atoms with E-state index in [0.29, 0.717) is 18.3 Å². The van der Waals surface area contributed by atoms with E-state index < -0.39 is 6.04 Å². The third-order valence-electron chi connectivity index (χ3n) is 3.45. The molecule has 5 nitrogen and oxygen atoms in total. The topological polar surface area (TPSA) is 59.8 Å². The van der Waals surface area contributed by atoms with Gasteiger partial charge in [0, 0.05) is 5.75 Å². The number of amides is 1. The summed E-state index contributed by atoms with van der Waals surface area (Å²) in [6.45, 7) is 6.55. The molecule has 0 spiro atoms. The molecule has 2 atom stereocenters. The molecule has 0 bridgehead atoms. The van der Waals surface area contributed by atoms with Crippen molar-refractivity contribution in [1.82, 2.24) is 4.90 Å². The van der Waals surface area contributed by atoms with Crippen LogP contribution in [-0.4, -0.2) is 40.6 Å². The van der Waals surface area contributed by atoms with Crippen LogP contribution in [0.1, 0.15) is 44.2 Å². The minimum atomic E-state index is -0.530. The lowest BCUT2D eigenvalue weighted by Gasteiger charge is -2.28. The quantitative estimate of drug-likeness (QED) is 0.752. The highest BCUT2D eigenvalue weighted by Gasteiger charge is 2.43. The maximum absolute atomic E-state index is 12.7. The van der Waals surface area contributed by atoms with Crippen LogP contribution in [0.4, 0.5) is 0 Å². The lowest BCUT2D eigenvalue weighted by atomic mass is 10.1. The van der Waals surface area contributed by atoms with Crippen molar-refractivity contribution in [2.45, 2.75) is 45.0 Å². The number of hydrogen-bond acceptors (Lipinski definition) is 5. The molecule has 1 amide bonds. The van der Waals surface area contributed by atoms with E-state index in [1.807, 2.05) is 6.92 Å². The highest BCUT2D eigenvalue weighted by atomic mass is 32.2. The van der Waals surface area contributed by atoms with Gasteiger partial charge >= 0.3 is 5.97 Å². The molecule has 1 aliphatic heterocycles. The first kappa shape index (κ1) is 16.9. The van der Waals surface area contributed by atoms with Crippen molar-refractivity contribution in [2.24, 2.45) is 5.92 Å². The van der Waals surface area contributed by atoms with Crippen LogP contribution in [0.25, 0.3) is 0 Å². The fourth-order valence-corrected chi connectivity index (χ4v) is 4.05. The molecule has 0 saturated carbocycles. The number of carbonyl (C=O) groups excluding carboxylic acids is 2. The van der Waals surface area contributed by atoms with Gasteiger partial charge in [-0.2, -0.15) is 0 Å². The molecule has 2 heterocycles. The summed E-state index contributed by atoms with van der Waals surface area (Å²) < 4.78 is 10.5. The molecule has 1 aromatic heterocycles. The number of ether oxygens (including phenoxy) is 1. The third kappa shape index (κ3) is 3.85. The molecule has 2 rings (SSSR count). The van der Waals surface area contributed by atoms with E-state index in [0.717, 1.165) is 12.8 Å². The summed E-state index contributed by atoms with van der Waals surface area (Å²) in [5, 5.41) is -0.0169. The number of nitrogens with zero attached hydrogens (tertiary/aromatic N) is 1. The largest absolute Gasteiger partial charge is 0.464 e. The lowest BCUT2D eigenvalue weighted by Crippen LogP contribution is -2.46. The second kappa shape index (κ2) is 7.72. The number of furan rings is 1. The van der Waals surface area contributed by atoms with E-state index in [1.165, 1.54) is 6.26 Å². The lowest BCUT2D eigenvalue weighted by molar-refractivity contribution is -0.148. The minimum absolute atomic E-state index is 0.0169. The first-order valence-corrected chi connectivity index (χ1v) is 8.73. The number of hydrogen-bond donors (Lipinski definition) is 0. The first-order chi connectivity index (χ1) is 10.5. The van der Waals surface area contributed by atoms with Gasteiger partial charge in [-0.05, 0) is 30.9 Å². The Labute approximate surface area is 135 Å². The zero-order valence-electron chi connectivity index (χ0n) is 13.3. The summed E-state index contributed by atoms with van der Waals surface area (Å²) in [5.41, 5.74) is 0. The van der Waals surface area contributed by atoms with E-state index in [9.17, 15) is 9.59 Å². The van der Waals surface area contributed by atoms with Crippen molar-refractivity contribution in [1.29, 1.82) is 0 Å². The maximum atomic E-state index is 12.7. The van der Waals surface area contributed by atoms with Crippen LogP contribution in [0.3, 0.4) is 0 Å². The van der Waals surface area contributed by atoms with Crippen LogP contribution < -0.4 is 0 Å². The molecule has 0 N–H and O–H groups in total. The van der Waals surface area contributed by atoms with E-state index in [-0.39, 0.29) is 23.0 Å². The number of carbonyl (C=O) groups is 2. The van der Waals surface area contributed by atoms with E-state index in [1.54, 1.807) is 28.8 Å². The van der Waals surface area contributed by atoms with Gasteiger partial charge in [0.2, 0.25) is 0 Å². The van der Waals surface area contributed by atoms with Crippen molar-refractivity contribution >= 4 is 23.6 Å². The van der Waals surface area contributed by atoms with Gasteiger partial charge in [0.25, 0.3) is 5.91 Å². The van der Waals surface area contributed by atoms with Crippen molar-refractivity contribution in [3.63, 3.8) is 0 Å². The van der Waals surface area contributed by atoms with Crippen molar-refractivity contribution < 1.29 is 18.7 Å². The molecule has 0 radical (unpaired) electrons. The van der Waals surface area contributed by atoms with Crippen LogP contribution in [0.5, 0.6) is 0 Å². The Bertz CT molecular complexity index is 500. The number of rotatable bonds is 6. The molecule has 1 saturated heterocycles. The van der Waals surface area contributed by atoms with E-state index in [2.05, 4.69) is 13.8 Å². The SMILES string of the molecule is CCCOC(=O)C1CSC(CC(C)C)N1C(=O)c1ccco1. The Morgan fingerprint density at radius 2 is 2.27 bits per heavy atom. The Morgan fingerprint density at radius 3 is 2.86 bits per heavy atom. The van der Waals surface area contributed by atoms with E-state index >= 15 is 0 Å². The molecule has 22 heavy (non-hydrogen) atoms. The molecule has 6 heteroatoms. The molecule has 2 unspecified atom stereocenters. The van der Waals surface area contributed by atoms with Gasteiger partial charge in [0.15, 0.2) is 5.76 Å². The van der Waals surface area contributed by atoms with Crippen LogP contribution in [0, 0.1) is 5.92 Å². The summed E-state index contributed by atoms with van der Waals surface area (Å²) in [4.78, 5) is 26.6. The van der Waals surface area contributed by atoms with Crippen LogP contribution in [-0.2, 0) is 9.53 Å². The molecule has 1 aromatic rings. The fraction of sp³-hybridized carbons (Fsp3) is 0.625. The normalized spacial score (nSPS) is 21.4. The summed E-state index contributed by atoms with van der Waals surface area (Å²) in [5.74, 6) is 0.728. The van der Waals surface area contributed by atoms with Crippen molar-refractivity contribution in [3.05, 3.63) is 24.2 Å². The van der Waals surface area contributed by atoms with Gasteiger partial charge in [-0.3, -0.25) is 4.79 Å². The highest BCUT2D eigenvalue weighted by Crippen LogP contribution is 2.35. The van der Waals surface area contributed by atoms with Gasteiger partial charge in [0.1, 0.15) is 6.04 Å². The van der Waals surface area contributed by atoms with Gasteiger partial charge < -0.3 is 14.1 Å². The molecule has 1 fully saturated rings. The Hall–Kier alpha value is -1.43. The Kier molecular flexibility index (Phi) is 5.94. The van der Waals surface area contributed by atoms with Crippen molar-refractivity contribution in [3.8, 4) is 0 Å². The zero-order chi connectivity index (χ0) is 16.1. The maximum Gasteiger partial charge on any atom is 0.329 e. The van der Waals surface area contributed by atoms with Crippen LogP contribution in [0.15, 0.2) is 22.8 Å². The smallest absolute Gasteiger partial charge is 0.329 e. The zero-order valence-corrected chi connectivity index (χ0v) is 14.1. The minimum Gasteiger partial charge on any atom is -0.464 e. The predicted octanol–water partition coefficient (Wildman–Crippen LogP) is 3.16. The standard InChI is InChI=1S/C16H23NO4S/c1-4-7-21-16(19)12-10-22-14(9-11(2)3)17(12)15(18)13-6-5-8-20-13/h5-6,8,11-12,14H,4,7,9-10H2,1-3H3. The second-order valence-electron chi connectivity index (χ2n) is 5.79. The molecule has 122 valence electrons. The second-order valence-corrected chi connectivity index (χ2v) is 7.00. The average molecular weight is 325 g/mol. The third-order valence-corrected chi connectivity index (χ3v) is 4.77. The number of thioether (sulfide) groups is 1. The predicted molar refractivity (Wildman–Crippen MR) is 85.6 cm³/mol. The molecule has 1 aliphatic rings. The molecule has 0 aliphatic carbocycles. The fourth-order valence-electron chi connectivity index (χ4n) is 2.43. The molecular formula is C16H23NO4S. The highest BCUT2D eigenvalue weighted by molar-refractivity contribution is 8.00. The van der Waals surface area contributed by atoms with Crippen molar-refractivity contribution in [2.75, 3.05) is 12.4 Å². The van der Waals surface area contributed by atoms with Gasteiger partial charge in [-0.15, -0.1) is 11.8 Å². The first-order valence-electron chi connectivity index (χ1n) is 7.69. The average Bonchev–Trinajstić information content (AvgIpc) is 3.12. The summed E-state index contributed by atoms with van der Waals surface area (Å²) in [6, 6.07) is 2.78.